The summed E-state index contributed by atoms with van der Waals surface area (Å²) < 4.78 is 6.62. The van der Waals surface area contributed by atoms with Gasteiger partial charge < -0.3 is 15.0 Å². The molecule has 0 saturated carbocycles. The second kappa shape index (κ2) is 9.66. The van der Waals surface area contributed by atoms with Crippen molar-refractivity contribution in [2.24, 2.45) is 7.05 Å². The minimum atomic E-state index is -0.383. The van der Waals surface area contributed by atoms with Crippen molar-refractivity contribution in [3.63, 3.8) is 0 Å². The minimum Gasteiger partial charge on any atom is -0.436 e. The van der Waals surface area contributed by atoms with Crippen LogP contribution in [0.1, 0.15) is 34.3 Å². The van der Waals surface area contributed by atoms with Crippen LogP contribution in [-0.4, -0.2) is 51.4 Å². The van der Waals surface area contributed by atoms with Gasteiger partial charge in [-0.25, -0.2) is 9.78 Å². The van der Waals surface area contributed by atoms with Gasteiger partial charge in [0.2, 0.25) is 0 Å². The van der Waals surface area contributed by atoms with Crippen molar-refractivity contribution in [1.29, 1.82) is 0 Å². The van der Waals surface area contributed by atoms with Crippen molar-refractivity contribution in [2.75, 3.05) is 25.0 Å². The molecule has 1 aliphatic heterocycles. The highest BCUT2D eigenvalue weighted by Crippen LogP contribution is 2.31. The second-order valence-corrected chi connectivity index (χ2v) is 8.34. The number of ether oxygens (including phenoxy) is 1. The molecule has 0 unspecified atom stereocenters. The van der Waals surface area contributed by atoms with Crippen LogP contribution in [0, 0.1) is 12.3 Å². The molecule has 2 amide bonds. The quantitative estimate of drug-likeness (QED) is 0.600. The lowest BCUT2D eigenvalue weighted by molar-refractivity contribution is 0.102. The van der Waals surface area contributed by atoms with Gasteiger partial charge in [-0.05, 0) is 12.8 Å². The standard InChI is InChI=1S/C23H23N5O3S/c1-3-13-31-23(30)28-11-9-17(10-12-28)22-24-19(15-32-22)21(29)25-20-14-18(26-27(20)2)16-7-5-4-6-8-16/h1,4-8,14-15,17H,9-13H2,2H3,(H,25,29). The van der Waals surface area contributed by atoms with Gasteiger partial charge in [-0.2, -0.15) is 5.10 Å². The van der Waals surface area contributed by atoms with Gasteiger partial charge in [0.1, 0.15) is 11.5 Å². The highest BCUT2D eigenvalue weighted by molar-refractivity contribution is 7.10. The number of amides is 2. The molecular formula is C23H23N5O3S. The van der Waals surface area contributed by atoms with Gasteiger partial charge in [-0.15, -0.1) is 17.8 Å². The number of piperidine rings is 1. The van der Waals surface area contributed by atoms with E-state index in [2.05, 4.69) is 21.3 Å². The van der Waals surface area contributed by atoms with E-state index >= 15 is 0 Å². The summed E-state index contributed by atoms with van der Waals surface area (Å²) in [5, 5.41) is 10.0. The lowest BCUT2D eigenvalue weighted by Crippen LogP contribution is -2.38. The molecule has 8 nitrogen and oxygen atoms in total. The maximum atomic E-state index is 12.8. The Balaban J connectivity index is 1.36. The Kier molecular flexibility index (Phi) is 6.52. The third-order valence-electron chi connectivity index (χ3n) is 5.33. The van der Waals surface area contributed by atoms with Crippen molar-refractivity contribution >= 4 is 29.2 Å². The maximum absolute atomic E-state index is 12.8. The van der Waals surface area contributed by atoms with Gasteiger partial charge in [0, 0.05) is 43.1 Å². The third-order valence-corrected chi connectivity index (χ3v) is 6.33. The SMILES string of the molecule is C#CCOC(=O)N1CCC(c2nc(C(=O)Nc3cc(-c4ccccc4)nn3C)cs2)CC1. The number of likely N-dealkylation sites (tertiary alicyclic amines) is 1. The minimum absolute atomic E-state index is 0.0206. The van der Waals surface area contributed by atoms with Crippen molar-refractivity contribution in [3.8, 4) is 23.6 Å². The van der Waals surface area contributed by atoms with E-state index in [1.54, 1.807) is 22.0 Å². The third kappa shape index (κ3) is 4.81. The summed E-state index contributed by atoms with van der Waals surface area (Å²) in [5.41, 5.74) is 2.15. The Morgan fingerprint density at radius 2 is 2.03 bits per heavy atom. The van der Waals surface area contributed by atoms with Crippen LogP contribution in [0.2, 0.25) is 0 Å². The normalized spacial score (nSPS) is 14.1. The molecule has 164 valence electrons. The number of nitrogens with zero attached hydrogens (tertiary/aromatic N) is 4. The predicted octanol–water partition coefficient (Wildman–Crippen LogP) is 3.75. The first-order valence-corrected chi connectivity index (χ1v) is 11.1. The fourth-order valence-corrected chi connectivity index (χ4v) is 4.57. The zero-order chi connectivity index (χ0) is 22.5. The lowest BCUT2D eigenvalue weighted by atomic mass is 9.98. The smallest absolute Gasteiger partial charge is 0.410 e. The van der Waals surface area contributed by atoms with E-state index in [-0.39, 0.29) is 24.5 Å². The van der Waals surface area contributed by atoms with Crippen LogP contribution in [0.5, 0.6) is 0 Å². The summed E-state index contributed by atoms with van der Waals surface area (Å²) in [6.07, 6.45) is 6.27. The predicted molar refractivity (Wildman–Crippen MR) is 122 cm³/mol. The van der Waals surface area contributed by atoms with Crippen LogP contribution >= 0.6 is 11.3 Å². The van der Waals surface area contributed by atoms with Crippen molar-refractivity contribution < 1.29 is 14.3 Å². The number of thiazole rings is 1. The van der Waals surface area contributed by atoms with Crippen molar-refractivity contribution in [1.82, 2.24) is 19.7 Å². The first-order chi connectivity index (χ1) is 15.5. The average Bonchev–Trinajstić information content (AvgIpc) is 3.46. The van der Waals surface area contributed by atoms with E-state index in [9.17, 15) is 9.59 Å². The van der Waals surface area contributed by atoms with Gasteiger partial charge >= 0.3 is 6.09 Å². The number of hydrogen-bond acceptors (Lipinski definition) is 6. The van der Waals surface area contributed by atoms with E-state index in [4.69, 9.17) is 11.2 Å². The van der Waals surface area contributed by atoms with Gasteiger partial charge in [-0.1, -0.05) is 36.3 Å². The molecule has 4 rings (SSSR count). The molecule has 0 atom stereocenters. The molecule has 0 bridgehead atoms. The number of carbonyl (C=O) groups excluding carboxylic acids is 2. The Hall–Kier alpha value is -3.64. The second-order valence-electron chi connectivity index (χ2n) is 7.45. The van der Waals surface area contributed by atoms with Crippen LogP contribution in [0.3, 0.4) is 0 Å². The molecule has 3 aromatic rings. The molecule has 0 spiro atoms. The Bertz CT molecular complexity index is 1140. The van der Waals surface area contributed by atoms with Gasteiger partial charge in [0.25, 0.3) is 5.91 Å². The first-order valence-electron chi connectivity index (χ1n) is 10.3. The molecule has 32 heavy (non-hydrogen) atoms. The number of carbonyl (C=O) groups is 2. The van der Waals surface area contributed by atoms with Crippen molar-refractivity contribution in [3.05, 3.63) is 52.5 Å². The first kappa shape index (κ1) is 21.6. The molecular weight excluding hydrogens is 426 g/mol. The summed E-state index contributed by atoms with van der Waals surface area (Å²) in [4.78, 5) is 30.9. The van der Waals surface area contributed by atoms with E-state index in [1.807, 2.05) is 36.4 Å². The number of aromatic nitrogens is 3. The zero-order valence-electron chi connectivity index (χ0n) is 17.7. The molecule has 3 heterocycles. The molecule has 1 aliphatic rings. The van der Waals surface area contributed by atoms with Crippen molar-refractivity contribution in [2.45, 2.75) is 18.8 Å². The monoisotopic (exact) mass is 449 g/mol. The summed E-state index contributed by atoms with van der Waals surface area (Å²) in [6, 6.07) is 11.6. The molecule has 0 radical (unpaired) electrons. The van der Waals surface area contributed by atoms with E-state index in [0.29, 0.717) is 24.6 Å². The fraction of sp³-hybridized carbons (Fsp3) is 0.304. The molecule has 1 saturated heterocycles. The topological polar surface area (TPSA) is 89.3 Å². The molecule has 1 N–H and O–H groups in total. The van der Waals surface area contributed by atoms with E-state index in [0.717, 1.165) is 29.1 Å². The van der Waals surface area contributed by atoms with Gasteiger partial charge in [0.05, 0.1) is 10.7 Å². The van der Waals surface area contributed by atoms with Crippen LogP contribution in [0.25, 0.3) is 11.3 Å². The number of rotatable bonds is 5. The maximum Gasteiger partial charge on any atom is 0.410 e. The van der Waals surface area contributed by atoms with Gasteiger partial charge in [0.15, 0.2) is 6.61 Å². The van der Waals surface area contributed by atoms with E-state index in [1.165, 1.54) is 11.3 Å². The number of anilines is 1. The number of terminal acetylenes is 1. The largest absolute Gasteiger partial charge is 0.436 e. The van der Waals surface area contributed by atoms with Crippen LogP contribution < -0.4 is 5.32 Å². The molecule has 2 aromatic heterocycles. The van der Waals surface area contributed by atoms with Crippen LogP contribution in [0.15, 0.2) is 41.8 Å². The molecule has 1 aromatic carbocycles. The van der Waals surface area contributed by atoms with Gasteiger partial charge in [-0.3, -0.25) is 9.48 Å². The van der Waals surface area contributed by atoms with E-state index < -0.39 is 0 Å². The fourth-order valence-electron chi connectivity index (χ4n) is 3.60. The summed E-state index contributed by atoms with van der Waals surface area (Å²) in [7, 11) is 1.79. The summed E-state index contributed by atoms with van der Waals surface area (Å²) in [6.45, 7) is 1.13. The number of benzene rings is 1. The summed E-state index contributed by atoms with van der Waals surface area (Å²) >= 11 is 1.47. The summed E-state index contributed by atoms with van der Waals surface area (Å²) in [5.74, 6) is 2.83. The molecule has 0 aliphatic carbocycles. The molecule has 1 fully saturated rings. The zero-order valence-corrected chi connectivity index (χ0v) is 18.5. The Labute approximate surface area is 190 Å². The number of nitrogens with one attached hydrogen (secondary N) is 1. The average molecular weight is 450 g/mol. The molecule has 9 heteroatoms. The van der Waals surface area contributed by atoms with Crippen LogP contribution in [0.4, 0.5) is 10.6 Å². The lowest BCUT2D eigenvalue weighted by Gasteiger charge is -2.30. The number of aryl methyl sites for hydroxylation is 1. The highest BCUT2D eigenvalue weighted by Gasteiger charge is 2.27. The van der Waals surface area contributed by atoms with Crippen LogP contribution in [-0.2, 0) is 11.8 Å². The number of hydrogen-bond donors (Lipinski definition) is 1. The Morgan fingerprint density at radius 1 is 1.28 bits per heavy atom. The Morgan fingerprint density at radius 3 is 2.75 bits per heavy atom. The highest BCUT2D eigenvalue weighted by atomic mass is 32.1.